The van der Waals surface area contributed by atoms with Crippen molar-refractivity contribution in [2.45, 2.75) is 6.92 Å². The number of hydrogen-bond acceptors (Lipinski definition) is 2. The van der Waals surface area contributed by atoms with Crippen molar-refractivity contribution in [2.75, 3.05) is 6.73 Å². The largest absolute Gasteiger partial charge is 0.478 e. The number of allylic oxidation sites excluding steroid dienone is 1. The van der Waals surface area contributed by atoms with Crippen LogP contribution in [0.15, 0.2) is 30.8 Å². The molecule has 1 aromatic carbocycles. The highest BCUT2D eigenvalue weighted by Crippen LogP contribution is 2.23. The van der Waals surface area contributed by atoms with Crippen LogP contribution < -0.4 is 10.5 Å². The first-order valence-corrected chi connectivity index (χ1v) is 3.83. The third-order valence-corrected chi connectivity index (χ3v) is 1.59. The van der Waals surface area contributed by atoms with Crippen LogP contribution in [0.3, 0.4) is 0 Å². The van der Waals surface area contributed by atoms with Crippen molar-refractivity contribution >= 4 is 5.57 Å². The number of ether oxygens (including phenoxy) is 1. The van der Waals surface area contributed by atoms with Gasteiger partial charge in [0, 0.05) is 5.56 Å². The fourth-order valence-electron chi connectivity index (χ4n) is 1.03. The van der Waals surface area contributed by atoms with Crippen LogP contribution in [-0.4, -0.2) is 6.73 Å². The minimum Gasteiger partial charge on any atom is -0.478 e. The van der Waals surface area contributed by atoms with E-state index in [1.165, 1.54) is 0 Å². The van der Waals surface area contributed by atoms with Gasteiger partial charge in [0.1, 0.15) is 12.5 Å². The van der Waals surface area contributed by atoms with Gasteiger partial charge in [0.25, 0.3) is 0 Å². The Kier molecular flexibility index (Phi) is 2.88. The molecule has 0 radical (unpaired) electrons. The molecule has 2 nitrogen and oxygen atoms in total. The van der Waals surface area contributed by atoms with E-state index >= 15 is 0 Å². The quantitative estimate of drug-likeness (QED) is 0.692. The maximum Gasteiger partial charge on any atom is 0.137 e. The molecule has 12 heavy (non-hydrogen) atoms. The Balaban J connectivity index is 3.00. The van der Waals surface area contributed by atoms with Crippen molar-refractivity contribution < 1.29 is 4.74 Å². The molecule has 0 bridgehead atoms. The van der Waals surface area contributed by atoms with Gasteiger partial charge in [-0.05, 0) is 18.6 Å². The lowest BCUT2D eigenvalue weighted by atomic mass is 10.1. The van der Waals surface area contributed by atoms with E-state index in [-0.39, 0.29) is 6.73 Å². The van der Waals surface area contributed by atoms with E-state index in [4.69, 9.17) is 10.5 Å². The summed E-state index contributed by atoms with van der Waals surface area (Å²) < 4.78 is 5.22. The molecular weight excluding hydrogens is 150 g/mol. The van der Waals surface area contributed by atoms with Crippen LogP contribution >= 0.6 is 0 Å². The molecule has 0 aliphatic rings. The van der Waals surface area contributed by atoms with Crippen molar-refractivity contribution in [1.29, 1.82) is 0 Å². The van der Waals surface area contributed by atoms with E-state index in [2.05, 4.69) is 6.58 Å². The van der Waals surface area contributed by atoms with Crippen LogP contribution in [0, 0.1) is 0 Å². The van der Waals surface area contributed by atoms with Gasteiger partial charge in [0.15, 0.2) is 0 Å². The molecule has 0 fully saturated rings. The van der Waals surface area contributed by atoms with Gasteiger partial charge in [-0.25, -0.2) is 0 Å². The first-order chi connectivity index (χ1) is 5.75. The highest BCUT2D eigenvalue weighted by atomic mass is 16.5. The van der Waals surface area contributed by atoms with Gasteiger partial charge in [-0.15, -0.1) is 0 Å². The van der Waals surface area contributed by atoms with Gasteiger partial charge in [-0.3, -0.25) is 5.73 Å². The Morgan fingerprint density at radius 1 is 1.50 bits per heavy atom. The fraction of sp³-hybridized carbons (Fsp3) is 0.200. The average molecular weight is 163 g/mol. The lowest BCUT2D eigenvalue weighted by Gasteiger charge is -2.08. The lowest BCUT2D eigenvalue weighted by Crippen LogP contribution is -2.08. The number of para-hydroxylation sites is 1. The van der Waals surface area contributed by atoms with Crippen molar-refractivity contribution in [1.82, 2.24) is 0 Å². The smallest absolute Gasteiger partial charge is 0.137 e. The zero-order valence-corrected chi connectivity index (χ0v) is 7.21. The fourth-order valence-corrected chi connectivity index (χ4v) is 1.03. The summed E-state index contributed by atoms with van der Waals surface area (Å²) >= 11 is 0. The molecule has 0 heterocycles. The topological polar surface area (TPSA) is 35.2 Å². The second-order valence-electron chi connectivity index (χ2n) is 2.59. The van der Waals surface area contributed by atoms with Crippen molar-refractivity contribution in [3.8, 4) is 5.75 Å². The molecular formula is C10H13NO. The van der Waals surface area contributed by atoms with E-state index < -0.39 is 0 Å². The summed E-state index contributed by atoms with van der Waals surface area (Å²) in [5, 5.41) is 0. The van der Waals surface area contributed by atoms with Crippen LogP contribution in [-0.2, 0) is 0 Å². The first kappa shape index (κ1) is 8.81. The molecule has 1 aromatic rings. The van der Waals surface area contributed by atoms with Gasteiger partial charge in [-0.2, -0.15) is 0 Å². The molecule has 0 aliphatic carbocycles. The van der Waals surface area contributed by atoms with Crippen LogP contribution in [0.2, 0.25) is 0 Å². The maximum atomic E-state index is 5.28. The lowest BCUT2D eigenvalue weighted by molar-refractivity contribution is 0.329. The number of nitrogens with two attached hydrogens (primary N) is 1. The molecule has 0 spiro atoms. The van der Waals surface area contributed by atoms with E-state index in [0.717, 1.165) is 16.9 Å². The normalized spacial score (nSPS) is 9.50. The summed E-state index contributed by atoms with van der Waals surface area (Å²) in [7, 11) is 0. The summed E-state index contributed by atoms with van der Waals surface area (Å²) in [6, 6.07) is 7.72. The highest BCUT2D eigenvalue weighted by Gasteiger charge is 2.00. The third kappa shape index (κ3) is 1.86. The summed E-state index contributed by atoms with van der Waals surface area (Å²) in [6.45, 7) is 5.99. The maximum absolute atomic E-state index is 5.28. The summed E-state index contributed by atoms with van der Waals surface area (Å²) in [5.74, 6) is 0.799. The highest BCUT2D eigenvalue weighted by molar-refractivity contribution is 5.66. The van der Waals surface area contributed by atoms with Crippen LogP contribution in [0.1, 0.15) is 12.5 Å². The Morgan fingerprint density at radius 3 is 2.75 bits per heavy atom. The predicted molar refractivity (Wildman–Crippen MR) is 50.8 cm³/mol. The van der Waals surface area contributed by atoms with Gasteiger partial charge < -0.3 is 4.74 Å². The summed E-state index contributed by atoms with van der Waals surface area (Å²) in [5.41, 5.74) is 7.28. The van der Waals surface area contributed by atoms with Crippen molar-refractivity contribution in [3.05, 3.63) is 36.4 Å². The monoisotopic (exact) mass is 163 g/mol. The zero-order valence-electron chi connectivity index (χ0n) is 7.21. The Bertz CT molecular complexity index is 281. The van der Waals surface area contributed by atoms with Crippen LogP contribution in [0.4, 0.5) is 0 Å². The number of hydrogen-bond donors (Lipinski definition) is 1. The van der Waals surface area contributed by atoms with Gasteiger partial charge >= 0.3 is 0 Å². The Hall–Kier alpha value is -1.28. The van der Waals surface area contributed by atoms with Crippen LogP contribution in [0.25, 0.3) is 5.57 Å². The van der Waals surface area contributed by atoms with Crippen LogP contribution in [0.5, 0.6) is 5.75 Å². The van der Waals surface area contributed by atoms with Gasteiger partial charge in [0.2, 0.25) is 0 Å². The minimum absolute atomic E-state index is 0.199. The summed E-state index contributed by atoms with van der Waals surface area (Å²) in [6.07, 6.45) is 0. The zero-order chi connectivity index (χ0) is 8.97. The minimum atomic E-state index is 0.199. The second-order valence-corrected chi connectivity index (χ2v) is 2.59. The molecule has 2 N–H and O–H groups in total. The van der Waals surface area contributed by atoms with E-state index in [1.807, 2.05) is 31.2 Å². The van der Waals surface area contributed by atoms with E-state index in [9.17, 15) is 0 Å². The molecule has 0 unspecified atom stereocenters. The van der Waals surface area contributed by atoms with E-state index in [1.54, 1.807) is 0 Å². The molecule has 0 saturated heterocycles. The SMILES string of the molecule is C=C(C)c1ccccc1OCN. The van der Waals surface area contributed by atoms with Gasteiger partial charge in [0.05, 0.1) is 0 Å². The second kappa shape index (κ2) is 3.93. The van der Waals surface area contributed by atoms with Gasteiger partial charge in [-0.1, -0.05) is 24.8 Å². The molecule has 0 aromatic heterocycles. The molecule has 0 amide bonds. The Morgan fingerprint density at radius 2 is 2.17 bits per heavy atom. The average Bonchev–Trinajstić information content (AvgIpc) is 2.05. The molecule has 0 atom stereocenters. The predicted octanol–water partition coefficient (Wildman–Crippen LogP) is 2.01. The Labute approximate surface area is 72.7 Å². The number of rotatable bonds is 3. The molecule has 0 aliphatic heterocycles. The molecule has 2 heteroatoms. The number of benzene rings is 1. The molecule has 64 valence electrons. The summed E-state index contributed by atoms with van der Waals surface area (Å²) in [4.78, 5) is 0. The molecule has 0 saturated carbocycles. The third-order valence-electron chi connectivity index (χ3n) is 1.59. The van der Waals surface area contributed by atoms with Crippen molar-refractivity contribution in [3.63, 3.8) is 0 Å². The van der Waals surface area contributed by atoms with Crippen molar-refractivity contribution in [2.24, 2.45) is 5.73 Å². The standard InChI is InChI=1S/C10H13NO/c1-8(2)9-5-3-4-6-10(9)12-7-11/h3-6H,1,7,11H2,2H3. The first-order valence-electron chi connectivity index (χ1n) is 3.83. The van der Waals surface area contributed by atoms with E-state index in [0.29, 0.717) is 0 Å². The molecule has 1 rings (SSSR count).